The Hall–Kier alpha value is -2.08. The molecular formula is C5H3N2O4-. The van der Waals surface area contributed by atoms with Crippen LogP contribution in [0.1, 0.15) is 6.92 Å². The lowest BCUT2D eigenvalue weighted by Gasteiger charge is -1.91. The molecule has 0 unspecified atom stereocenters. The molecule has 6 heteroatoms. The van der Waals surface area contributed by atoms with Crippen molar-refractivity contribution >= 4 is 11.9 Å². The fraction of sp³-hybridized carbons (Fsp3) is 0.200. The fourth-order valence-electron chi connectivity index (χ4n) is 0.0831. The molecule has 0 aliphatic rings. The zero-order chi connectivity index (χ0) is 9.28. The summed E-state index contributed by atoms with van der Waals surface area (Å²) >= 11 is 0. The van der Waals surface area contributed by atoms with Crippen molar-refractivity contribution in [2.75, 3.05) is 0 Å². The lowest BCUT2D eigenvalue weighted by molar-refractivity contribution is -0.302. The summed E-state index contributed by atoms with van der Waals surface area (Å²) < 4.78 is 3.31. The molecule has 0 aliphatic heterocycles. The molecular weight excluding hydrogens is 152 g/mol. The Kier molecular flexibility index (Phi) is 8.41. The van der Waals surface area contributed by atoms with Crippen LogP contribution in [0.15, 0.2) is 0 Å². The van der Waals surface area contributed by atoms with Gasteiger partial charge in [0.15, 0.2) is 5.97 Å². The number of nitriles is 2. The highest BCUT2D eigenvalue weighted by molar-refractivity contribution is 6.27. The largest absolute Gasteiger partial charge is 0.539 e. The van der Waals surface area contributed by atoms with Crippen molar-refractivity contribution in [1.82, 2.24) is 0 Å². The number of ether oxygens (including phenoxy) is 1. The van der Waals surface area contributed by atoms with Gasteiger partial charge in [-0.05, 0) is 0 Å². The molecule has 0 rings (SSSR count). The monoisotopic (exact) mass is 155 g/mol. The number of rotatable bonds is 0. The van der Waals surface area contributed by atoms with E-state index in [1.807, 2.05) is 0 Å². The molecule has 0 saturated carbocycles. The summed E-state index contributed by atoms with van der Waals surface area (Å²) in [4.78, 5) is 19.0. The Bertz CT molecular complexity index is 222. The number of hydrogen-bond donors (Lipinski definition) is 0. The number of esters is 1. The van der Waals surface area contributed by atoms with E-state index in [0.717, 1.165) is 6.26 Å². The average molecular weight is 155 g/mol. The summed E-state index contributed by atoms with van der Waals surface area (Å²) in [6.45, 7) is 1.43. The van der Waals surface area contributed by atoms with E-state index in [-0.39, 0.29) is 0 Å². The first-order chi connectivity index (χ1) is 5.09. The van der Waals surface area contributed by atoms with Crippen LogP contribution in [-0.4, -0.2) is 11.9 Å². The van der Waals surface area contributed by atoms with Gasteiger partial charge in [0.1, 0.15) is 0 Å². The smallest absolute Gasteiger partial charge is 0.369 e. The van der Waals surface area contributed by atoms with Crippen LogP contribution in [0.5, 0.6) is 0 Å². The fourth-order valence-corrected chi connectivity index (χ4v) is 0.0831. The Morgan fingerprint density at radius 3 is 1.91 bits per heavy atom. The first-order valence-electron chi connectivity index (χ1n) is 2.22. The van der Waals surface area contributed by atoms with Crippen LogP contribution in [0.2, 0.25) is 0 Å². The molecule has 58 valence electrons. The van der Waals surface area contributed by atoms with Gasteiger partial charge in [-0.2, -0.15) is 5.26 Å². The van der Waals surface area contributed by atoms with Crippen molar-refractivity contribution in [3.63, 3.8) is 0 Å². The second-order valence-electron chi connectivity index (χ2n) is 0.992. The first-order valence-corrected chi connectivity index (χ1v) is 2.22. The number of nitrogens with zero attached hydrogens (tertiary/aromatic N) is 2. The zero-order valence-electron chi connectivity index (χ0n) is 5.53. The molecule has 0 aliphatic carbocycles. The maximum absolute atomic E-state index is 9.64. The van der Waals surface area contributed by atoms with Crippen LogP contribution in [0.3, 0.4) is 0 Å². The standard InChI is InChI=1S/C3HNO4.C2H3N/c4-1-8-3(7)2(5)6;1-2-3/h(H,5,6);1H3/p-1. The van der Waals surface area contributed by atoms with Gasteiger partial charge in [0.25, 0.3) is 6.26 Å². The first kappa shape index (κ1) is 11.7. The van der Waals surface area contributed by atoms with Gasteiger partial charge in [-0.1, -0.05) is 0 Å². The number of carbonyl (C=O) groups excluding carboxylic acids is 2. The quantitative estimate of drug-likeness (QED) is 0.234. The van der Waals surface area contributed by atoms with Crippen molar-refractivity contribution in [2.45, 2.75) is 6.92 Å². The van der Waals surface area contributed by atoms with Crippen LogP contribution in [-0.2, 0) is 14.3 Å². The Labute approximate surface area is 62.2 Å². The Morgan fingerprint density at radius 2 is 1.82 bits per heavy atom. The van der Waals surface area contributed by atoms with E-state index in [2.05, 4.69) is 4.74 Å². The van der Waals surface area contributed by atoms with Gasteiger partial charge < -0.3 is 14.6 Å². The molecule has 0 aromatic heterocycles. The SMILES string of the molecule is CC#N.N#COC(=O)C(=O)[O-]. The maximum Gasteiger partial charge on any atom is 0.369 e. The van der Waals surface area contributed by atoms with Crippen LogP contribution >= 0.6 is 0 Å². The average Bonchev–Trinajstić information content (AvgIpc) is 1.90. The maximum atomic E-state index is 9.64. The van der Waals surface area contributed by atoms with Gasteiger partial charge >= 0.3 is 5.97 Å². The van der Waals surface area contributed by atoms with Crippen LogP contribution < -0.4 is 5.11 Å². The van der Waals surface area contributed by atoms with Gasteiger partial charge in [-0.3, -0.25) is 0 Å². The number of hydrogen-bond acceptors (Lipinski definition) is 6. The summed E-state index contributed by atoms with van der Waals surface area (Å²) in [6, 6.07) is 1.75. The highest BCUT2D eigenvalue weighted by atomic mass is 16.6. The molecule has 0 N–H and O–H groups in total. The van der Waals surface area contributed by atoms with Crippen LogP contribution in [0.25, 0.3) is 0 Å². The van der Waals surface area contributed by atoms with E-state index in [4.69, 9.17) is 10.5 Å². The normalized spacial score (nSPS) is 5.73. The molecule has 6 nitrogen and oxygen atoms in total. The molecule has 0 aromatic rings. The summed E-state index contributed by atoms with van der Waals surface area (Å²) in [7, 11) is 0. The number of carbonyl (C=O) groups is 2. The third-order valence-corrected chi connectivity index (χ3v) is 0.305. The Morgan fingerprint density at radius 1 is 1.45 bits per heavy atom. The molecule has 0 bridgehead atoms. The van der Waals surface area contributed by atoms with Crippen LogP contribution in [0.4, 0.5) is 0 Å². The molecule has 0 fully saturated rings. The molecule has 0 saturated heterocycles. The number of aliphatic carboxylic acids is 1. The number of carboxylic acids is 1. The van der Waals surface area contributed by atoms with Crippen LogP contribution in [0, 0.1) is 22.8 Å². The topological polar surface area (TPSA) is 114 Å². The molecule has 0 spiro atoms. The summed E-state index contributed by atoms with van der Waals surface area (Å²) in [5, 5.41) is 24.2. The van der Waals surface area contributed by atoms with Crippen molar-refractivity contribution in [3.05, 3.63) is 0 Å². The summed E-state index contributed by atoms with van der Waals surface area (Å²) in [5.41, 5.74) is 0. The molecule has 0 atom stereocenters. The summed E-state index contributed by atoms with van der Waals surface area (Å²) in [5.74, 6) is -3.70. The van der Waals surface area contributed by atoms with E-state index in [1.165, 1.54) is 6.92 Å². The van der Waals surface area contributed by atoms with Gasteiger partial charge in [-0.15, -0.1) is 5.26 Å². The lowest BCUT2D eigenvalue weighted by atomic mass is 10.7. The predicted octanol–water partition coefficient (Wildman–Crippen LogP) is -1.71. The lowest BCUT2D eigenvalue weighted by Crippen LogP contribution is -2.32. The van der Waals surface area contributed by atoms with Gasteiger partial charge in [0, 0.05) is 6.92 Å². The molecule has 11 heavy (non-hydrogen) atoms. The van der Waals surface area contributed by atoms with E-state index in [9.17, 15) is 14.7 Å². The minimum absolute atomic E-state index is 0.878. The van der Waals surface area contributed by atoms with Crippen molar-refractivity contribution in [3.8, 4) is 12.3 Å². The van der Waals surface area contributed by atoms with E-state index < -0.39 is 11.9 Å². The highest BCUT2D eigenvalue weighted by Gasteiger charge is 1.99. The van der Waals surface area contributed by atoms with E-state index >= 15 is 0 Å². The van der Waals surface area contributed by atoms with Gasteiger partial charge in [-0.25, -0.2) is 4.79 Å². The third-order valence-electron chi connectivity index (χ3n) is 0.305. The second kappa shape index (κ2) is 7.92. The zero-order valence-corrected chi connectivity index (χ0v) is 5.53. The van der Waals surface area contributed by atoms with E-state index in [0.29, 0.717) is 0 Å². The van der Waals surface area contributed by atoms with Gasteiger partial charge in [0.2, 0.25) is 0 Å². The molecule has 0 aromatic carbocycles. The molecule has 0 heterocycles. The van der Waals surface area contributed by atoms with E-state index in [1.54, 1.807) is 6.07 Å². The second-order valence-corrected chi connectivity index (χ2v) is 0.992. The minimum Gasteiger partial charge on any atom is -0.539 e. The van der Waals surface area contributed by atoms with Crippen molar-refractivity contribution in [1.29, 1.82) is 10.5 Å². The molecule has 0 amide bonds. The molecule has 0 radical (unpaired) electrons. The summed E-state index contributed by atoms with van der Waals surface area (Å²) in [6.07, 6.45) is 0.878. The van der Waals surface area contributed by atoms with Crippen molar-refractivity contribution < 1.29 is 19.4 Å². The number of carboxylic acid groups (broad SMARTS) is 1. The highest BCUT2D eigenvalue weighted by Crippen LogP contribution is 1.68. The predicted molar refractivity (Wildman–Crippen MR) is 28.0 cm³/mol. The Balaban J connectivity index is 0. The van der Waals surface area contributed by atoms with Crippen molar-refractivity contribution in [2.24, 2.45) is 0 Å². The third kappa shape index (κ3) is 11.5. The minimum atomic E-state index is -2.02. The van der Waals surface area contributed by atoms with Gasteiger partial charge in [0.05, 0.1) is 6.07 Å².